The van der Waals surface area contributed by atoms with Gasteiger partial charge in [-0.1, -0.05) is 65.7 Å². The molecule has 0 aromatic carbocycles. The van der Waals surface area contributed by atoms with Gasteiger partial charge < -0.3 is 5.11 Å². The predicted octanol–water partition coefficient (Wildman–Crippen LogP) is 4.70. The number of likely N-dealkylation sites (tertiary alicyclic amines) is 1. The summed E-state index contributed by atoms with van der Waals surface area (Å²) in [6.07, 6.45) is 12.6. The molecule has 0 aromatic heterocycles. The molecule has 0 aliphatic carbocycles. The molecule has 1 aliphatic rings. The Hall–Kier alpha value is -0.570. The molecule has 3 nitrogen and oxygen atoms in total. The van der Waals surface area contributed by atoms with E-state index in [9.17, 15) is 9.90 Å². The third kappa shape index (κ3) is 6.37. The van der Waals surface area contributed by atoms with Crippen LogP contribution in [0.25, 0.3) is 0 Å². The molecular weight excluding hydrogens is 262 g/mol. The van der Waals surface area contributed by atoms with Gasteiger partial charge in [0.05, 0.1) is 0 Å². The fraction of sp³-hybridized carbons (Fsp3) is 0.944. The van der Waals surface area contributed by atoms with E-state index in [1.54, 1.807) is 0 Å². The summed E-state index contributed by atoms with van der Waals surface area (Å²) in [6.45, 7) is 8.36. The first-order valence-electron chi connectivity index (χ1n) is 8.96. The molecule has 0 saturated carbocycles. The average Bonchev–Trinajstić information content (AvgIpc) is 2.40. The normalized spacial score (nSPS) is 22.3. The second-order valence-corrected chi connectivity index (χ2v) is 7.34. The largest absolute Gasteiger partial charge is 0.480 e. The minimum atomic E-state index is -0.640. The number of carboxylic acids is 1. The first kappa shape index (κ1) is 18.5. The third-order valence-electron chi connectivity index (χ3n) is 4.90. The molecule has 1 heterocycles. The van der Waals surface area contributed by atoms with Gasteiger partial charge in [0.2, 0.25) is 0 Å². The summed E-state index contributed by atoms with van der Waals surface area (Å²) in [4.78, 5) is 13.8. The smallest absolute Gasteiger partial charge is 0.321 e. The highest BCUT2D eigenvalue weighted by atomic mass is 16.4. The van der Waals surface area contributed by atoms with Crippen molar-refractivity contribution in [2.24, 2.45) is 5.41 Å². The van der Waals surface area contributed by atoms with E-state index in [-0.39, 0.29) is 11.5 Å². The summed E-state index contributed by atoms with van der Waals surface area (Å²) in [6, 6.07) is -0.296. The predicted molar refractivity (Wildman–Crippen MR) is 88.6 cm³/mol. The van der Waals surface area contributed by atoms with E-state index in [2.05, 4.69) is 25.7 Å². The number of aliphatic carboxylic acids is 1. The van der Waals surface area contributed by atoms with E-state index in [0.717, 1.165) is 32.4 Å². The van der Waals surface area contributed by atoms with Crippen molar-refractivity contribution in [1.82, 2.24) is 4.90 Å². The monoisotopic (exact) mass is 297 g/mol. The summed E-state index contributed by atoms with van der Waals surface area (Å²) in [5.41, 5.74) is -0.0930. The highest BCUT2D eigenvalue weighted by Crippen LogP contribution is 2.35. The minimum absolute atomic E-state index is 0.0930. The molecule has 21 heavy (non-hydrogen) atoms. The Morgan fingerprint density at radius 2 is 1.67 bits per heavy atom. The summed E-state index contributed by atoms with van der Waals surface area (Å²) in [5.74, 6) is -0.640. The van der Waals surface area contributed by atoms with Crippen molar-refractivity contribution in [3.05, 3.63) is 0 Å². The van der Waals surface area contributed by atoms with Crippen LogP contribution in [0.3, 0.4) is 0 Å². The van der Waals surface area contributed by atoms with Gasteiger partial charge in [-0.25, -0.2) is 0 Å². The van der Waals surface area contributed by atoms with Crippen LogP contribution in [0, 0.1) is 5.41 Å². The van der Waals surface area contributed by atoms with Gasteiger partial charge in [-0.3, -0.25) is 9.69 Å². The first-order chi connectivity index (χ1) is 9.99. The number of piperidine rings is 1. The van der Waals surface area contributed by atoms with E-state index >= 15 is 0 Å². The molecule has 0 radical (unpaired) electrons. The van der Waals surface area contributed by atoms with Crippen LogP contribution in [0.2, 0.25) is 0 Å². The van der Waals surface area contributed by atoms with E-state index in [1.165, 1.54) is 44.9 Å². The average molecular weight is 297 g/mol. The van der Waals surface area contributed by atoms with Crippen LogP contribution in [0.15, 0.2) is 0 Å². The van der Waals surface area contributed by atoms with E-state index in [4.69, 9.17) is 0 Å². The van der Waals surface area contributed by atoms with Crippen molar-refractivity contribution < 1.29 is 9.90 Å². The molecule has 1 saturated heterocycles. The summed E-state index contributed by atoms with van der Waals surface area (Å²) >= 11 is 0. The molecule has 0 bridgehead atoms. The lowest BCUT2D eigenvalue weighted by atomic mass is 9.76. The first-order valence-corrected chi connectivity index (χ1v) is 8.96. The van der Waals surface area contributed by atoms with Gasteiger partial charge in [-0.05, 0) is 37.8 Å². The molecule has 1 rings (SSSR count). The number of unbranched alkanes of at least 4 members (excludes halogenated alkanes) is 7. The molecule has 0 spiro atoms. The van der Waals surface area contributed by atoms with E-state index < -0.39 is 5.97 Å². The highest BCUT2D eigenvalue weighted by Gasteiger charge is 2.41. The zero-order chi connectivity index (χ0) is 15.7. The van der Waals surface area contributed by atoms with Crippen molar-refractivity contribution >= 4 is 5.97 Å². The molecule has 1 unspecified atom stereocenters. The number of hydrogen-bond donors (Lipinski definition) is 1. The lowest BCUT2D eigenvalue weighted by Gasteiger charge is -2.44. The zero-order valence-corrected chi connectivity index (χ0v) is 14.4. The molecule has 1 atom stereocenters. The molecular formula is C18H35NO2. The number of hydrogen-bond acceptors (Lipinski definition) is 2. The second kappa shape index (κ2) is 9.45. The van der Waals surface area contributed by atoms with Crippen LogP contribution in [0.4, 0.5) is 0 Å². The third-order valence-corrected chi connectivity index (χ3v) is 4.90. The Bertz CT molecular complexity index is 302. The van der Waals surface area contributed by atoms with Crippen LogP contribution >= 0.6 is 0 Å². The Labute approximate surface area is 131 Å². The fourth-order valence-corrected chi connectivity index (χ4v) is 3.68. The van der Waals surface area contributed by atoms with Crippen LogP contribution in [-0.4, -0.2) is 35.1 Å². The minimum Gasteiger partial charge on any atom is -0.480 e. The molecule has 1 fully saturated rings. The quantitative estimate of drug-likeness (QED) is 0.594. The lowest BCUT2D eigenvalue weighted by Crippen LogP contribution is -2.54. The second-order valence-electron chi connectivity index (χ2n) is 7.34. The summed E-state index contributed by atoms with van der Waals surface area (Å²) < 4.78 is 0. The van der Waals surface area contributed by atoms with Crippen molar-refractivity contribution in [3.63, 3.8) is 0 Å². The van der Waals surface area contributed by atoms with E-state index in [1.807, 2.05) is 0 Å². The van der Waals surface area contributed by atoms with Gasteiger partial charge in [0.15, 0.2) is 0 Å². The van der Waals surface area contributed by atoms with Crippen molar-refractivity contribution in [2.75, 3.05) is 13.1 Å². The SMILES string of the molecule is CCCCCCCCCCN1CCCC(C)(C)C1C(=O)O. The maximum absolute atomic E-state index is 11.6. The molecule has 1 aliphatic heterocycles. The summed E-state index contributed by atoms with van der Waals surface area (Å²) in [5, 5.41) is 9.53. The summed E-state index contributed by atoms with van der Waals surface area (Å²) in [7, 11) is 0. The Morgan fingerprint density at radius 1 is 1.10 bits per heavy atom. The van der Waals surface area contributed by atoms with Gasteiger partial charge in [0, 0.05) is 0 Å². The van der Waals surface area contributed by atoms with Crippen molar-refractivity contribution in [3.8, 4) is 0 Å². The molecule has 124 valence electrons. The van der Waals surface area contributed by atoms with Gasteiger partial charge in [-0.15, -0.1) is 0 Å². The van der Waals surface area contributed by atoms with Gasteiger partial charge in [-0.2, -0.15) is 0 Å². The molecule has 0 amide bonds. The Kier molecular flexibility index (Phi) is 8.31. The van der Waals surface area contributed by atoms with Gasteiger partial charge in [0.1, 0.15) is 6.04 Å². The van der Waals surface area contributed by atoms with E-state index in [0.29, 0.717) is 0 Å². The maximum Gasteiger partial charge on any atom is 0.321 e. The highest BCUT2D eigenvalue weighted by molar-refractivity contribution is 5.74. The van der Waals surface area contributed by atoms with Gasteiger partial charge >= 0.3 is 5.97 Å². The number of carbonyl (C=O) groups is 1. The molecule has 3 heteroatoms. The molecule has 1 N–H and O–H groups in total. The number of nitrogens with zero attached hydrogens (tertiary/aromatic N) is 1. The zero-order valence-electron chi connectivity index (χ0n) is 14.4. The lowest BCUT2D eigenvalue weighted by molar-refractivity contribution is -0.150. The van der Waals surface area contributed by atoms with Gasteiger partial charge in [0.25, 0.3) is 0 Å². The Morgan fingerprint density at radius 3 is 2.24 bits per heavy atom. The molecule has 0 aromatic rings. The topological polar surface area (TPSA) is 40.5 Å². The van der Waals surface area contributed by atoms with Crippen molar-refractivity contribution in [2.45, 2.75) is 91.0 Å². The standard InChI is InChI=1S/C18H35NO2/c1-4-5-6-7-8-9-10-11-14-19-15-12-13-18(2,3)16(19)17(20)21/h16H,4-15H2,1-3H3,(H,20,21). The van der Waals surface area contributed by atoms with Crippen LogP contribution in [0.5, 0.6) is 0 Å². The number of rotatable bonds is 10. The van der Waals surface area contributed by atoms with Crippen LogP contribution in [-0.2, 0) is 4.79 Å². The fourth-order valence-electron chi connectivity index (χ4n) is 3.68. The maximum atomic E-state index is 11.6. The van der Waals surface area contributed by atoms with Crippen LogP contribution in [0.1, 0.15) is 85.0 Å². The van der Waals surface area contributed by atoms with Crippen LogP contribution < -0.4 is 0 Å². The van der Waals surface area contributed by atoms with Crippen molar-refractivity contribution in [1.29, 1.82) is 0 Å². The Balaban J connectivity index is 2.22. The number of carboxylic acid groups (broad SMARTS) is 1.